The molecule has 1 atom stereocenters. The number of nitrogens with zero attached hydrogens (tertiary/aromatic N) is 2. The Bertz CT molecular complexity index is 370. The van der Waals surface area contributed by atoms with E-state index in [2.05, 4.69) is 10.1 Å². The van der Waals surface area contributed by atoms with E-state index in [0.717, 1.165) is 12.8 Å². The van der Waals surface area contributed by atoms with Gasteiger partial charge in [-0.15, -0.1) is 0 Å². The topological polar surface area (TPSA) is 74.2 Å². The fraction of sp³-hybridized carbons (Fsp3) is 0.846. The summed E-state index contributed by atoms with van der Waals surface area (Å²) in [5, 5.41) is 4.04. The molecule has 1 aromatic rings. The van der Waals surface area contributed by atoms with Crippen LogP contribution >= 0.6 is 0 Å². The van der Waals surface area contributed by atoms with E-state index in [9.17, 15) is 0 Å². The van der Waals surface area contributed by atoms with Gasteiger partial charge in [-0.2, -0.15) is 4.98 Å². The molecular weight excluding hydrogens is 230 g/mol. The van der Waals surface area contributed by atoms with E-state index in [4.69, 9.17) is 15.0 Å². The molecule has 0 radical (unpaired) electrons. The summed E-state index contributed by atoms with van der Waals surface area (Å²) in [6, 6.07) is -0.276. The van der Waals surface area contributed by atoms with Gasteiger partial charge in [0.2, 0.25) is 11.7 Å². The molecule has 0 saturated heterocycles. The molecule has 0 spiro atoms. The summed E-state index contributed by atoms with van der Waals surface area (Å²) in [6.07, 6.45) is 1.59. The molecule has 1 heterocycles. The Morgan fingerprint density at radius 3 is 2.22 bits per heavy atom. The van der Waals surface area contributed by atoms with Gasteiger partial charge in [0.15, 0.2) is 0 Å². The lowest BCUT2D eigenvalue weighted by molar-refractivity contribution is -0.0306. The van der Waals surface area contributed by atoms with Gasteiger partial charge >= 0.3 is 0 Å². The zero-order chi connectivity index (χ0) is 14.0. The SMILES string of the molecule is CCC(CC)(OC)c1noc(C(N)C(C)(C)C)n1. The molecule has 0 amide bonds. The Labute approximate surface area is 109 Å². The highest BCUT2D eigenvalue weighted by atomic mass is 16.5. The predicted octanol–water partition coefficient (Wildman–Crippen LogP) is 2.78. The highest BCUT2D eigenvalue weighted by molar-refractivity contribution is 5.04. The van der Waals surface area contributed by atoms with Crippen molar-refractivity contribution < 1.29 is 9.26 Å². The number of methoxy groups -OCH3 is 1. The number of hydrogen-bond acceptors (Lipinski definition) is 5. The molecule has 0 fully saturated rings. The average molecular weight is 255 g/mol. The first-order chi connectivity index (χ1) is 8.30. The van der Waals surface area contributed by atoms with Gasteiger partial charge in [0.05, 0.1) is 6.04 Å². The molecule has 0 aliphatic heterocycles. The molecule has 0 aliphatic rings. The maximum Gasteiger partial charge on any atom is 0.244 e. The van der Waals surface area contributed by atoms with Crippen molar-refractivity contribution in [1.29, 1.82) is 0 Å². The molecule has 0 aliphatic carbocycles. The first-order valence-corrected chi connectivity index (χ1v) is 6.45. The van der Waals surface area contributed by atoms with Gasteiger partial charge in [-0.1, -0.05) is 39.8 Å². The van der Waals surface area contributed by atoms with E-state index < -0.39 is 5.60 Å². The molecular formula is C13H25N3O2. The molecule has 0 bridgehead atoms. The third kappa shape index (κ3) is 2.72. The fourth-order valence-electron chi connectivity index (χ4n) is 1.86. The minimum atomic E-state index is -0.473. The zero-order valence-corrected chi connectivity index (χ0v) is 12.3. The Kier molecular flexibility index (Phi) is 4.50. The Balaban J connectivity index is 3.06. The summed E-state index contributed by atoms with van der Waals surface area (Å²) >= 11 is 0. The van der Waals surface area contributed by atoms with Crippen LogP contribution in [-0.4, -0.2) is 17.3 Å². The lowest BCUT2D eigenvalue weighted by Gasteiger charge is -2.26. The summed E-state index contributed by atoms with van der Waals surface area (Å²) in [4.78, 5) is 4.43. The van der Waals surface area contributed by atoms with E-state index in [1.54, 1.807) is 7.11 Å². The van der Waals surface area contributed by atoms with Gasteiger partial charge in [-0.25, -0.2) is 0 Å². The Morgan fingerprint density at radius 2 is 1.83 bits per heavy atom. The Morgan fingerprint density at radius 1 is 1.28 bits per heavy atom. The predicted molar refractivity (Wildman–Crippen MR) is 70.0 cm³/mol. The number of nitrogens with two attached hydrogens (primary N) is 1. The largest absolute Gasteiger partial charge is 0.370 e. The molecule has 0 aromatic carbocycles. The first-order valence-electron chi connectivity index (χ1n) is 6.45. The van der Waals surface area contributed by atoms with Gasteiger partial charge < -0.3 is 15.0 Å². The van der Waals surface area contributed by atoms with Crippen molar-refractivity contribution in [2.24, 2.45) is 11.1 Å². The number of aromatic nitrogens is 2. The summed E-state index contributed by atoms with van der Waals surface area (Å²) in [5.41, 5.74) is 5.53. The average Bonchev–Trinajstić information content (AvgIpc) is 2.80. The van der Waals surface area contributed by atoms with Crippen molar-refractivity contribution in [2.75, 3.05) is 7.11 Å². The molecule has 18 heavy (non-hydrogen) atoms. The van der Waals surface area contributed by atoms with Crippen LogP contribution in [0.25, 0.3) is 0 Å². The molecule has 104 valence electrons. The maximum absolute atomic E-state index is 6.12. The monoisotopic (exact) mass is 255 g/mol. The van der Waals surface area contributed by atoms with Crippen LogP contribution in [0.2, 0.25) is 0 Å². The lowest BCUT2D eigenvalue weighted by Crippen LogP contribution is -2.29. The molecule has 0 saturated carbocycles. The highest BCUT2D eigenvalue weighted by Gasteiger charge is 2.36. The quantitative estimate of drug-likeness (QED) is 0.875. The van der Waals surface area contributed by atoms with E-state index in [-0.39, 0.29) is 11.5 Å². The van der Waals surface area contributed by atoms with Gasteiger partial charge in [-0.05, 0) is 18.3 Å². The van der Waals surface area contributed by atoms with Crippen LogP contribution in [0, 0.1) is 5.41 Å². The van der Waals surface area contributed by atoms with Crippen molar-refractivity contribution in [3.05, 3.63) is 11.7 Å². The van der Waals surface area contributed by atoms with Crippen LogP contribution in [0.3, 0.4) is 0 Å². The van der Waals surface area contributed by atoms with E-state index in [1.807, 2.05) is 34.6 Å². The van der Waals surface area contributed by atoms with Crippen LogP contribution in [-0.2, 0) is 10.3 Å². The third-order valence-corrected chi connectivity index (χ3v) is 3.58. The van der Waals surface area contributed by atoms with Crippen molar-refractivity contribution in [3.8, 4) is 0 Å². The summed E-state index contributed by atoms with van der Waals surface area (Å²) < 4.78 is 10.9. The lowest BCUT2D eigenvalue weighted by atomic mass is 9.87. The Hall–Kier alpha value is -0.940. The second-order valence-corrected chi connectivity index (χ2v) is 5.71. The third-order valence-electron chi connectivity index (χ3n) is 3.58. The fourth-order valence-corrected chi connectivity index (χ4v) is 1.86. The molecule has 1 rings (SSSR count). The smallest absolute Gasteiger partial charge is 0.244 e. The second kappa shape index (κ2) is 5.36. The van der Waals surface area contributed by atoms with Crippen molar-refractivity contribution in [1.82, 2.24) is 10.1 Å². The first kappa shape index (κ1) is 15.1. The van der Waals surface area contributed by atoms with E-state index in [0.29, 0.717) is 11.7 Å². The molecule has 1 aromatic heterocycles. The number of hydrogen-bond donors (Lipinski definition) is 1. The molecule has 5 heteroatoms. The molecule has 5 nitrogen and oxygen atoms in total. The van der Waals surface area contributed by atoms with Gasteiger partial charge in [0.25, 0.3) is 0 Å². The maximum atomic E-state index is 6.12. The van der Waals surface area contributed by atoms with Crippen LogP contribution in [0.15, 0.2) is 4.52 Å². The normalized spacial score (nSPS) is 14.8. The van der Waals surface area contributed by atoms with Crippen LogP contribution in [0.4, 0.5) is 0 Å². The standard InChI is InChI=1S/C13H25N3O2/c1-7-13(8-2,17-6)11-15-10(18-16-11)9(14)12(3,4)5/h9H,7-8,14H2,1-6H3. The van der Waals surface area contributed by atoms with Crippen LogP contribution < -0.4 is 5.73 Å². The van der Waals surface area contributed by atoms with Crippen molar-refractivity contribution in [2.45, 2.75) is 59.1 Å². The van der Waals surface area contributed by atoms with Gasteiger partial charge in [-0.3, -0.25) is 0 Å². The summed E-state index contributed by atoms with van der Waals surface area (Å²) in [5.74, 6) is 1.06. The second-order valence-electron chi connectivity index (χ2n) is 5.71. The van der Waals surface area contributed by atoms with Gasteiger partial charge in [0.1, 0.15) is 5.60 Å². The van der Waals surface area contributed by atoms with E-state index in [1.165, 1.54) is 0 Å². The van der Waals surface area contributed by atoms with Crippen molar-refractivity contribution in [3.63, 3.8) is 0 Å². The van der Waals surface area contributed by atoms with Crippen LogP contribution in [0.1, 0.15) is 65.2 Å². The van der Waals surface area contributed by atoms with Crippen LogP contribution in [0.5, 0.6) is 0 Å². The molecule has 2 N–H and O–H groups in total. The number of ether oxygens (including phenoxy) is 1. The highest BCUT2D eigenvalue weighted by Crippen LogP contribution is 2.33. The summed E-state index contributed by atoms with van der Waals surface area (Å²) in [6.45, 7) is 10.2. The van der Waals surface area contributed by atoms with E-state index >= 15 is 0 Å². The number of rotatable bonds is 5. The zero-order valence-electron chi connectivity index (χ0n) is 12.3. The molecule has 1 unspecified atom stereocenters. The minimum Gasteiger partial charge on any atom is -0.370 e. The summed E-state index contributed by atoms with van der Waals surface area (Å²) in [7, 11) is 1.67. The van der Waals surface area contributed by atoms with Crippen molar-refractivity contribution >= 4 is 0 Å². The minimum absolute atomic E-state index is 0.113. The van der Waals surface area contributed by atoms with Gasteiger partial charge in [0, 0.05) is 7.11 Å².